The largest absolute Gasteiger partial charge is 0.303 e. The molecule has 0 N–H and O–H groups in total. The number of thioether (sulfide) groups is 1. The number of hydrogen-bond donors (Lipinski definition) is 0. The van der Waals surface area contributed by atoms with Gasteiger partial charge in [0.15, 0.2) is 0 Å². The van der Waals surface area contributed by atoms with Crippen LogP contribution in [0.5, 0.6) is 0 Å². The number of halogens is 3. The third-order valence-electron chi connectivity index (χ3n) is 4.37. The summed E-state index contributed by atoms with van der Waals surface area (Å²) in [4.78, 5) is 3.56. The molecule has 0 aromatic heterocycles. The lowest BCUT2D eigenvalue weighted by molar-refractivity contribution is 0.235. The van der Waals surface area contributed by atoms with Crippen LogP contribution in [0.1, 0.15) is 18.4 Å². The molecule has 0 spiro atoms. The van der Waals surface area contributed by atoms with Gasteiger partial charge in [0.25, 0.3) is 0 Å². The Kier molecular flexibility index (Phi) is 6.45. The van der Waals surface area contributed by atoms with E-state index in [9.17, 15) is 4.39 Å². The molecule has 0 atom stereocenters. The summed E-state index contributed by atoms with van der Waals surface area (Å²) in [5.74, 6) is -0.170. The van der Waals surface area contributed by atoms with Gasteiger partial charge < -0.3 is 4.90 Å². The average Bonchev–Trinajstić information content (AvgIpc) is 2.60. The maximum absolute atomic E-state index is 12.9. The van der Waals surface area contributed by atoms with E-state index in [1.54, 1.807) is 0 Å². The molecule has 1 aliphatic heterocycles. The maximum Gasteiger partial charge on any atom is 0.123 e. The molecular weight excluding hydrogens is 364 g/mol. The summed E-state index contributed by atoms with van der Waals surface area (Å²) in [6.07, 6.45) is 3.27. The highest BCUT2D eigenvalue weighted by Gasteiger charge is 2.21. The van der Waals surface area contributed by atoms with Crippen molar-refractivity contribution in [2.45, 2.75) is 29.4 Å². The fourth-order valence-electron chi connectivity index (χ4n) is 2.94. The third kappa shape index (κ3) is 4.89. The van der Waals surface area contributed by atoms with Crippen molar-refractivity contribution in [1.82, 2.24) is 4.90 Å². The zero-order valence-corrected chi connectivity index (χ0v) is 15.7. The van der Waals surface area contributed by atoms with Gasteiger partial charge in [0.1, 0.15) is 5.82 Å². The molecule has 1 fully saturated rings. The van der Waals surface area contributed by atoms with E-state index in [4.69, 9.17) is 23.2 Å². The van der Waals surface area contributed by atoms with Crippen LogP contribution in [0, 0.1) is 5.82 Å². The summed E-state index contributed by atoms with van der Waals surface area (Å²) in [5.41, 5.74) is 1.19. The molecular formula is C19H20Cl2FNS. The SMILES string of the molecule is Fc1ccc(CCN2CCC(Sc3cccc(Cl)c3Cl)CC2)cc1. The van der Waals surface area contributed by atoms with Crippen molar-refractivity contribution in [2.75, 3.05) is 19.6 Å². The molecule has 0 aliphatic carbocycles. The summed E-state index contributed by atoms with van der Waals surface area (Å²) in [5, 5.41) is 1.88. The third-order valence-corrected chi connectivity index (χ3v) is 6.70. The molecule has 0 amide bonds. The second-order valence-corrected chi connectivity index (χ2v) is 8.21. The van der Waals surface area contributed by atoms with E-state index in [2.05, 4.69) is 4.90 Å². The predicted octanol–water partition coefficient (Wildman–Crippen LogP) is 5.93. The molecule has 1 nitrogen and oxygen atoms in total. The minimum Gasteiger partial charge on any atom is -0.303 e. The molecule has 2 aromatic carbocycles. The Labute approximate surface area is 157 Å². The van der Waals surface area contributed by atoms with Crippen LogP contribution < -0.4 is 0 Å². The van der Waals surface area contributed by atoms with Crippen molar-refractivity contribution < 1.29 is 4.39 Å². The first kappa shape index (κ1) is 18.1. The Bertz CT molecular complexity index is 670. The smallest absolute Gasteiger partial charge is 0.123 e. The Morgan fingerprint density at radius 1 is 1.04 bits per heavy atom. The first-order chi connectivity index (χ1) is 11.6. The van der Waals surface area contributed by atoms with Crippen LogP contribution in [-0.4, -0.2) is 29.8 Å². The van der Waals surface area contributed by atoms with Gasteiger partial charge in [-0.3, -0.25) is 0 Å². The van der Waals surface area contributed by atoms with Gasteiger partial charge in [0, 0.05) is 16.7 Å². The van der Waals surface area contributed by atoms with E-state index < -0.39 is 0 Å². The fourth-order valence-corrected chi connectivity index (χ4v) is 4.61. The van der Waals surface area contributed by atoms with Crippen LogP contribution in [0.4, 0.5) is 4.39 Å². The van der Waals surface area contributed by atoms with Crippen LogP contribution >= 0.6 is 35.0 Å². The van der Waals surface area contributed by atoms with Crippen molar-refractivity contribution in [3.8, 4) is 0 Å². The van der Waals surface area contributed by atoms with Crippen LogP contribution in [0.3, 0.4) is 0 Å². The van der Waals surface area contributed by atoms with Crippen molar-refractivity contribution in [1.29, 1.82) is 0 Å². The molecule has 24 heavy (non-hydrogen) atoms. The molecule has 0 unspecified atom stereocenters. The van der Waals surface area contributed by atoms with Gasteiger partial charge in [0.2, 0.25) is 0 Å². The summed E-state index contributed by atoms with van der Waals surface area (Å²) in [6, 6.07) is 12.6. The van der Waals surface area contributed by atoms with Gasteiger partial charge in [-0.05, 0) is 62.2 Å². The topological polar surface area (TPSA) is 3.24 Å². The van der Waals surface area contributed by atoms with E-state index in [1.165, 1.54) is 17.7 Å². The lowest BCUT2D eigenvalue weighted by Crippen LogP contribution is -2.36. The Hall–Kier alpha value is -0.740. The Morgan fingerprint density at radius 3 is 2.46 bits per heavy atom. The Morgan fingerprint density at radius 2 is 1.75 bits per heavy atom. The van der Waals surface area contributed by atoms with Crippen LogP contribution in [-0.2, 0) is 6.42 Å². The molecule has 0 bridgehead atoms. The normalized spacial score (nSPS) is 16.5. The molecule has 3 rings (SSSR count). The molecule has 1 heterocycles. The van der Waals surface area contributed by atoms with Crippen LogP contribution in [0.25, 0.3) is 0 Å². The molecule has 0 radical (unpaired) electrons. The average molecular weight is 384 g/mol. The lowest BCUT2D eigenvalue weighted by atomic mass is 10.1. The van der Waals surface area contributed by atoms with Crippen LogP contribution in [0.15, 0.2) is 47.4 Å². The molecule has 0 saturated carbocycles. The minimum absolute atomic E-state index is 0.170. The molecule has 128 valence electrons. The zero-order chi connectivity index (χ0) is 16.9. The van der Waals surface area contributed by atoms with E-state index in [1.807, 2.05) is 42.1 Å². The quantitative estimate of drug-likeness (QED) is 0.628. The van der Waals surface area contributed by atoms with Crippen molar-refractivity contribution in [2.24, 2.45) is 0 Å². The monoisotopic (exact) mass is 383 g/mol. The van der Waals surface area contributed by atoms with Crippen LogP contribution in [0.2, 0.25) is 10.0 Å². The first-order valence-electron chi connectivity index (χ1n) is 8.19. The summed E-state index contributed by atoms with van der Waals surface area (Å²) < 4.78 is 12.9. The summed E-state index contributed by atoms with van der Waals surface area (Å²) >= 11 is 14.2. The van der Waals surface area contributed by atoms with Crippen molar-refractivity contribution >= 4 is 35.0 Å². The lowest BCUT2D eigenvalue weighted by Gasteiger charge is -2.31. The maximum atomic E-state index is 12.9. The first-order valence-corrected chi connectivity index (χ1v) is 9.83. The summed E-state index contributed by atoms with van der Waals surface area (Å²) in [6.45, 7) is 3.22. The highest BCUT2D eigenvalue weighted by atomic mass is 35.5. The molecule has 1 aliphatic rings. The molecule has 2 aromatic rings. The molecule has 1 saturated heterocycles. The van der Waals surface area contributed by atoms with Crippen molar-refractivity contribution in [3.63, 3.8) is 0 Å². The van der Waals surface area contributed by atoms with E-state index in [0.717, 1.165) is 43.8 Å². The number of piperidine rings is 1. The molecule has 5 heteroatoms. The van der Waals surface area contributed by atoms with Crippen molar-refractivity contribution in [3.05, 3.63) is 63.9 Å². The number of rotatable bonds is 5. The van der Waals surface area contributed by atoms with Gasteiger partial charge in [0.05, 0.1) is 10.0 Å². The van der Waals surface area contributed by atoms with Gasteiger partial charge >= 0.3 is 0 Å². The summed E-state index contributed by atoms with van der Waals surface area (Å²) in [7, 11) is 0. The van der Waals surface area contributed by atoms with E-state index in [0.29, 0.717) is 15.3 Å². The minimum atomic E-state index is -0.170. The number of benzene rings is 2. The van der Waals surface area contributed by atoms with E-state index in [-0.39, 0.29) is 5.82 Å². The number of hydrogen-bond acceptors (Lipinski definition) is 2. The fraction of sp³-hybridized carbons (Fsp3) is 0.368. The standard InChI is InChI=1S/C19H20Cl2FNS/c20-17-2-1-3-18(19(17)21)24-16-9-12-23(13-10-16)11-8-14-4-6-15(22)7-5-14/h1-7,16H,8-13H2. The highest BCUT2D eigenvalue weighted by Crippen LogP contribution is 2.37. The number of nitrogens with zero attached hydrogens (tertiary/aromatic N) is 1. The highest BCUT2D eigenvalue weighted by molar-refractivity contribution is 8.00. The zero-order valence-electron chi connectivity index (χ0n) is 13.4. The Balaban J connectivity index is 1.45. The second kappa shape index (κ2) is 8.57. The predicted molar refractivity (Wildman–Crippen MR) is 102 cm³/mol. The second-order valence-electron chi connectivity index (χ2n) is 6.09. The van der Waals surface area contributed by atoms with Gasteiger partial charge in [-0.2, -0.15) is 0 Å². The van der Waals surface area contributed by atoms with E-state index >= 15 is 0 Å². The van der Waals surface area contributed by atoms with Gasteiger partial charge in [-0.15, -0.1) is 11.8 Å². The number of likely N-dealkylation sites (tertiary alicyclic amines) is 1. The van der Waals surface area contributed by atoms with Gasteiger partial charge in [-0.25, -0.2) is 4.39 Å². The van der Waals surface area contributed by atoms with Gasteiger partial charge in [-0.1, -0.05) is 41.4 Å².